The lowest BCUT2D eigenvalue weighted by Crippen LogP contribution is -2.23. The molecule has 0 fully saturated rings. The van der Waals surface area contributed by atoms with E-state index in [2.05, 4.69) is 15.9 Å². The van der Waals surface area contributed by atoms with E-state index in [1.54, 1.807) is 12.1 Å². The first kappa shape index (κ1) is 13.4. The van der Waals surface area contributed by atoms with E-state index in [-0.39, 0.29) is 5.39 Å². The summed E-state index contributed by atoms with van der Waals surface area (Å²) in [4.78, 5) is -0.728. The van der Waals surface area contributed by atoms with E-state index >= 15 is 0 Å². The van der Waals surface area contributed by atoms with Gasteiger partial charge in [0, 0.05) is 28.6 Å². The zero-order valence-electron chi connectivity index (χ0n) is 8.99. The number of nitrogens with zero attached hydrogens (tertiary/aromatic N) is 1. The third-order valence-corrected chi connectivity index (χ3v) is 4.52. The molecule has 98 valence electrons. The Labute approximate surface area is 109 Å². The van der Waals surface area contributed by atoms with Crippen LogP contribution in [0.3, 0.4) is 0 Å². The summed E-state index contributed by atoms with van der Waals surface area (Å²) in [5.41, 5.74) is -4.88. The molecule has 0 spiro atoms. The van der Waals surface area contributed by atoms with Gasteiger partial charge in [-0.05, 0) is 18.2 Å². The first-order valence-electron chi connectivity index (χ1n) is 4.70. The van der Waals surface area contributed by atoms with Gasteiger partial charge < -0.3 is 4.57 Å². The average molecular weight is 342 g/mol. The van der Waals surface area contributed by atoms with Gasteiger partial charge in [0.05, 0.1) is 0 Å². The van der Waals surface area contributed by atoms with Crippen molar-refractivity contribution in [3.8, 4) is 0 Å². The zero-order valence-corrected chi connectivity index (χ0v) is 11.4. The van der Waals surface area contributed by atoms with E-state index in [9.17, 15) is 21.6 Å². The number of aromatic nitrogens is 1. The van der Waals surface area contributed by atoms with Gasteiger partial charge in [-0.1, -0.05) is 15.9 Å². The fourth-order valence-corrected chi connectivity index (χ4v) is 3.03. The molecule has 3 nitrogen and oxygen atoms in total. The van der Waals surface area contributed by atoms with E-state index in [4.69, 9.17) is 0 Å². The maximum atomic E-state index is 12.5. The number of aryl methyl sites for hydroxylation is 1. The minimum absolute atomic E-state index is 0.0456. The molecule has 18 heavy (non-hydrogen) atoms. The maximum absolute atomic E-state index is 12.5. The third kappa shape index (κ3) is 1.93. The normalized spacial score (nSPS) is 13.2. The molecule has 8 heteroatoms. The molecule has 0 saturated carbocycles. The van der Waals surface area contributed by atoms with Crippen LogP contribution in [0.5, 0.6) is 0 Å². The lowest BCUT2D eigenvalue weighted by atomic mass is 10.2. The fourth-order valence-electron chi connectivity index (χ4n) is 1.67. The Hall–Kier alpha value is -1.02. The minimum Gasteiger partial charge on any atom is -0.349 e. The van der Waals surface area contributed by atoms with Gasteiger partial charge in [0.1, 0.15) is 4.90 Å². The van der Waals surface area contributed by atoms with Gasteiger partial charge in [0.25, 0.3) is 9.84 Å². The Morgan fingerprint density at radius 3 is 2.44 bits per heavy atom. The topological polar surface area (TPSA) is 39.1 Å². The van der Waals surface area contributed by atoms with Crippen molar-refractivity contribution in [2.24, 2.45) is 7.05 Å². The summed E-state index contributed by atoms with van der Waals surface area (Å²) in [5.74, 6) is 0. The number of rotatable bonds is 1. The second-order valence-electron chi connectivity index (χ2n) is 3.71. The first-order chi connectivity index (χ1) is 8.14. The monoisotopic (exact) mass is 341 g/mol. The fraction of sp³-hybridized carbons (Fsp3) is 0.200. The molecule has 0 aliphatic rings. The Balaban J connectivity index is 2.85. The molecule has 0 amide bonds. The number of benzene rings is 1. The maximum Gasteiger partial charge on any atom is 0.501 e. The van der Waals surface area contributed by atoms with E-state index in [0.29, 0.717) is 9.99 Å². The quantitative estimate of drug-likeness (QED) is 0.798. The highest BCUT2D eigenvalue weighted by Gasteiger charge is 2.48. The average Bonchev–Trinajstić information content (AvgIpc) is 2.54. The van der Waals surface area contributed by atoms with Crippen LogP contribution in [0.25, 0.3) is 10.9 Å². The molecule has 0 unspecified atom stereocenters. The van der Waals surface area contributed by atoms with Gasteiger partial charge in [0.2, 0.25) is 0 Å². The van der Waals surface area contributed by atoms with Crippen LogP contribution in [0.4, 0.5) is 13.2 Å². The number of hydrogen-bond donors (Lipinski definition) is 0. The summed E-state index contributed by atoms with van der Waals surface area (Å²) in [5, 5.41) is 0.0456. The lowest BCUT2D eigenvalue weighted by molar-refractivity contribution is -0.0435. The summed E-state index contributed by atoms with van der Waals surface area (Å²) in [6, 6.07) is 4.54. The van der Waals surface area contributed by atoms with Crippen molar-refractivity contribution in [3.05, 3.63) is 28.9 Å². The van der Waals surface area contributed by atoms with Gasteiger partial charge in [-0.25, -0.2) is 8.42 Å². The van der Waals surface area contributed by atoms with E-state index < -0.39 is 20.2 Å². The minimum atomic E-state index is -5.34. The predicted octanol–water partition coefficient (Wildman–Crippen LogP) is 3.23. The Kier molecular flexibility index (Phi) is 2.97. The molecule has 0 bridgehead atoms. The van der Waals surface area contributed by atoms with Crippen molar-refractivity contribution < 1.29 is 21.6 Å². The molecule has 0 aliphatic heterocycles. The molecule has 1 aromatic heterocycles. The second-order valence-corrected chi connectivity index (χ2v) is 6.54. The Morgan fingerprint density at radius 2 is 1.89 bits per heavy atom. The summed E-state index contributed by atoms with van der Waals surface area (Å²) in [7, 11) is -3.85. The second kappa shape index (κ2) is 3.99. The standard InChI is InChI=1S/C10H7BrF3NO2S/c1-15-5-9(18(16,17)10(12,13)14)7-4-6(11)2-3-8(7)15/h2-5H,1H3. The Morgan fingerprint density at radius 1 is 1.28 bits per heavy atom. The van der Waals surface area contributed by atoms with Gasteiger partial charge >= 0.3 is 5.51 Å². The van der Waals surface area contributed by atoms with Crippen molar-refractivity contribution in [3.63, 3.8) is 0 Å². The zero-order chi connectivity index (χ0) is 13.7. The molecule has 1 aromatic carbocycles. The van der Waals surface area contributed by atoms with Crippen molar-refractivity contribution >= 4 is 36.7 Å². The summed E-state index contributed by atoms with van der Waals surface area (Å²) in [6.07, 6.45) is 0.972. The van der Waals surface area contributed by atoms with Crippen LogP contribution in [0.1, 0.15) is 0 Å². The first-order valence-corrected chi connectivity index (χ1v) is 6.98. The molecule has 0 saturated heterocycles. The van der Waals surface area contributed by atoms with Crippen molar-refractivity contribution in [2.45, 2.75) is 10.4 Å². The summed E-state index contributed by atoms with van der Waals surface area (Å²) < 4.78 is 62.4. The molecule has 0 atom stereocenters. The smallest absolute Gasteiger partial charge is 0.349 e. The van der Waals surface area contributed by atoms with E-state index in [1.165, 1.54) is 17.7 Å². The lowest BCUT2D eigenvalue weighted by Gasteiger charge is -2.06. The summed E-state index contributed by atoms with van der Waals surface area (Å²) >= 11 is 3.11. The van der Waals surface area contributed by atoms with Gasteiger partial charge in [-0.3, -0.25) is 0 Å². The van der Waals surface area contributed by atoms with Crippen LogP contribution >= 0.6 is 15.9 Å². The highest BCUT2D eigenvalue weighted by Crippen LogP contribution is 2.36. The number of sulfone groups is 1. The van der Waals surface area contributed by atoms with Crippen LogP contribution in [0.2, 0.25) is 0 Å². The van der Waals surface area contributed by atoms with E-state index in [0.717, 1.165) is 6.20 Å². The number of hydrogen-bond acceptors (Lipinski definition) is 2. The van der Waals surface area contributed by atoms with Crippen LogP contribution in [0, 0.1) is 0 Å². The predicted molar refractivity (Wildman–Crippen MR) is 63.9 cm³/mol. The van der Waals surface area contributed by atoms with Crippen LogP contribution in [0.15, 0.2) is 33.8 Å². The van der Waals surface area contributed by atoms with Gasteiger partial charge in [-0.15, -0.1) is 0 Å². The SMILES string of the molecule is Cn1cc(S(=O)(=O)C(F)(F)F)c2cc(Br)ccc21. The molecule has 0 radical (unpaired) electrons. The van der Waals surface area contributed by atoms with Crippen LogP contribution in [-0.2, 0) is 16.9 Å². The molecule has 0 N–H and O–H groups in total. The highest BCUT2D eigenvalue weighted by molar-refractivity contribution is 9.10. The van der Waals surface area contributed by atoms with Gasteiger partial charge in [0.15, 0.2) is 0 Å². The number of fused-ring (bicyclic) bond motifs is 1. The Bertz CT molecular complexity index is 719. The highest BCUT2D eigenvalue weighted by atomic mass is 79.9. The van der Waals surface area contributed by atoms with Crippen molar-refractivity contribution in [1.82, 2.24) is 4.57 Å². The van der Waals surface area contributed by atoms with Gasteiger partial charge in [-0.2, -0.15) is 13.2 Å². The molecule has 0 aliphatic carbocycles. The molecule has 1 heterocycles. The molecular weight excluding hydrogens is 335 g/mol. The molecular formula is C10H7BrF3NO2S. The number of halogens is 4. The van der Waals surface area contributed by atoms with E-state index in [1.807, 2.05) is 0 Å². The third-order valence-electron chi connectivity index (χ3n) is 2.51. The van der Waals surface area contributed by atoms with Crippen LogP contribution < -0.4 is 0 Å². The largest absolute Gasteiger partial charge is 0.501 e. The summed E-state index contributed by atoms with van der Waals surface area (Å²) in [6.45, 7) is 0. The van der Waals surface area contributed by atoms with Crippen molar-refractivity contribution in [1.29, 1.82) is 0 Å². The number of alkyl halides is 3. The van der Waals surface area contributed by atoms with Crippen LogP contribution in [-0.4, -0.2) is 18.5 Å². The van der Waals surface area contributed by atoms with Crippen molar-refractivity contribution in [2.75, 3.05) is 0 Å². The molecule has 2 rings (SSSR count). The molecule has 2 aromatic rings.